The quantitative estimate of drug-likeness (QED) is 0.460. The minimum atomic E-state index is -1.77. The van der Waals surface area contributed by atoms with E-state index in [1.54, 1.807) is 42.5 Å². The fourth-order valence-corrected chi connectivity index (χ4v) is 5.97. The number of methoxy groups -OCH3 is 3. The van der Waals surface area contributed by atoms with Crippen LogP contribution in [-0.4, -0.2) is 45.1 Å². The summed E-state index contributed by atoms with van der Waals surface area (Å²) in [6, 6.07) is 18.5. The molecule has 4 atom stereocenters. The number of carbonyl (C=O) groups is 2. The van der Waals surface area contributed by atoms with E-state index in [0.717, 1.165) is 16.8 Å². The van der Waals surface area contributed by atoms with E-state index in [9.17, 15) is 14.9 Å². The molecule has 0 unspecified atom stereocenters. The third-order valence-electron chi connectivity index (χ3n) is 7.77. The van der Waals surface area contributed by atoms with Crippen molar-refractivity contribution in [2.45, 2.75) is 24.9 Å². The van der Waals surface area contributed by atoms with Gasteiger partial charge >= 0.3 is 0 Å². The van der Waals surface area contributed by atoms with E-state index in [2.05, 4.69) is 6.07 Å². The second-order valence-corrected chi connectivity index (χ2v) is 9.75. The van der Waals surface area contributed by atoms with Gasteiger partial charge < -0.3 is 24.8 Å². The average Bonchev–Trinajstić information content (AvgIpc) is 3.27. The smallest absolute Gasteiger partial charge is 0.241 e. The molecule has 1 saturated heterocycles. The van der Waals surface area contributed by atoms with Gasteiger partial charge in [0.15, 0.2) is 22.7 Å². The molecule has 0 bridgehead atoms. The van der Waals surface area contributed by atoms with Crippen molar-refractivity contribution >= 4 is 23.5 Å². The number of primary amides is 1. The molecule has 8 nitrogen and oxygen atoms in total. The number of nitrogens with two attached hydrogens (primary N) is 1. The number of rotatable bonds is 7. The van der Waals surface area contributed by atoms with Crippen LogP contribution in [0, 0.1) is 23.7 Å². The van der Waals surface area contributed by atoms with E-state index >= 15 is 0 Å². The highest BCUT2D eigenvalue weighted by atomic mass is 16.5. The van der Waals surface area contributed by atoms with Crippen LogP contribution < -0.4 is 24.8 Å². The van der Waals surface area contributed by atoms with Crippen LogP contribution in [0.3, 0.4) is 0 Å². The minimum absolute atomic E-state index is 0.265. The van der Waals surface area contributed by atoms with E-state index < -0.39 is 29.3 Å². The predicted octanol–water partition coefficient (Wildman–Crippen LogP) is 4.27. The highest BCUT2D eigenvalue weighted by Gasteiger charge is 2.66. The van der Waals surface area contributed by atoms with Gasteiger partial charge in [-0.05, 0) is 54.4 Å². The Balaban J connectivity index is 1.81. The largest absolute Gasteiger partial charge is 0.497 e. The van der Waals surface area contributed by atoms with E-state index in [1.807, 2.05) is 42.2 Å². The van der Waals surface area contributed by atoms with E-state index in [-0.39, 0.29) is 5.78 Å². The van der Waals surface area contributed by atoms with Crippen molar-refractivity contribution in [1.82, 2.24) is 0 Å². The summed E-state index contributed by atoms with van der Waals surface area (Å²) >= 11 is 0. The number of nitrogens with zero attached hydrogens (tertiary/aromatic N) is 2. The van der Waals surface area contributed by atoms with Crippen LogP contribution in [0.15, 0.2) is 66.7 Å². The van der Waals surface area contributed by atoms with Gasteiger partial charge in [-0.1, -0.05) is 42.0 Å². The van der Waals surface area contributed by atoms with E-state index in [0.29, 0.717) is 28.4 Å². The molecule has 5 rings (SSSR count). The molecule has 0 radical (unpaired) electrons. The molecule has 3 aromatic carbocycles. The first-order chi connectivity index (χ1) is 18.8. The van der Waals surface area contributed by atoms with Crippen molar-refractivity contribution in [3.05, 3.63) is 89.0 Å². The SMILES string of the molecule is COc1cccc(C(=O)[C@@H]2[C@H](c3ccc(OC)c(OC)c3)[C@](C#N)(C(N)=O)[C@H]3C=Cc4cc(C)ccc4N23)c1. The predicted molar refractivity (Wildman–Crippen MR) is 147 cm³/mol. The van der Waals surface area contributed by atoms with Gasteiger partial charge in [0.1, 0.15) is 11.8 Å². The zero-order valence-corrected chi connectivity index (χ0v) is 22.2. The van der Waals surface area contributed by atoms with Crippen LogP contribution in [0.25, 0.3) is 6.08 Å². The van der Waals surface area contributed by atoms with Gasteiger partial charge in [-0.3, -0.25) is 9.59 Å². The number of hydrogen-bond donors (Lipinski definition) is 1. The fraction of sp³-hybridized carbons (Fsp3) is 0.258. The highest BCUT2D eigenvalue weighted by molar-refractivity contribution is 6.06. The Bertz CT molecular complexity index is 1540. The number of Topliss-reactive ketones (excluding diaryl/α,β-unsaturated/α-hetero) is 1. The molecule has 2 N–H and O–H groups in total. The van der Waals surface area contributed by atoms with Gasteiger partial charge in [-0.25, -0.2) is 0 Å². The number of benzene rings is 3. The van der Waals surface area contributed by atoms with Crippen molar-refractivity contribution in [3.63, 3.8) is 0 Å². The van der Waals surface area contributed by atoms with Crippen LogP contribution in [0.2, 0.25) is 0 Å². The Hall–Kier alpha value is -4.77. The third kappa shape index (κ3) is 3.89. The molecule has 0 aliphatic carbocycles. The molecule has 8 heteroatoms. The van der Waals surface area contributed by atoms with Crippen molar-refractivity contribution < 1.29 is 23.8 Å². The standard InChI is InChI=1S/C31H29N3O5/c1-18-8-11-23-19(14-18)10-13-26-31(17-32,30(33)36)27(20-9-12-24(38-3)25(16-20)39-4)28(34(23)26)29(35)21-6-5-7-22(15-21)37-2/h5-16,26-28H,1-4H3,(H2,33,36)/t26-,27+,28+,31-/m1/s1. The number of aryl methyl sites for hydroxylation is 1. The summed E-state index contributed by atoms with van der Waals surface area (Å²) in [4.78, 5) is 29.8. The number of nitriles is 1. The Morgan fingerprint density at radius 3 is 2.41 bits per heavy atom. The molecule has 0 aromatic heterocycles. The number of amides is 1. The van der Waals surface area contributed by atoms with Gasteiger partial charge in [0.25, 0.3) is 0 Å². The summed E-state index contributed by atoms with van der Waals surface area (Å²) in [5.41, 5.74) is 7.96. The lowest BCUT2D eigenvalue weighted by atomic mass is 9.67. The zero-order valence-electron chi connectivity index (χ0n) is 22.2. The molecule has 39 heavy (non-hydrogen) atoms. The van der Waals surface area contributed by atoms with Crippen LogP contribution in [0.4, 0.5) is 5.69 Å². The second-order valence-electron chi connectivity index (χ2n) is 9.75. The minimum Gasteiger partial charge on any atom is -0.497 e. The lowest BCUT2D eigenvalue weighted by Gasteiger charge is -2.36. The summed E-state index contributed by atoms with van der Waals surface area (Å²) in [5.74, 6) is -0.584. The Morgan fingerprint density at radius 1 is 0.974 bits per heavy atom. The highest BCUT2D eigenvalue weighted by Crippen LogP contribution is 2.56. The lowest BCUT2D eigenvalue weighted by molar-refractivity contribution is -0.125. The van der Waals surface area contributed by atoms with Gasteiger partial charge in [0.05, 0.1) is 33.4 Å². The Kier molecular flexibility index (Phi) is 6.52. The third-order valence-corrected chi connectivity index (χ3v) is 7.77. The molecule has 3 aromatic rings. The van der Waals surface area contributed by atoms with E-state index in [1.165, 1.54) is 21.3 Å². The molecule has 1 amide bonds. The maximum Gasteiger partial charge on any atom is 0.241 e. The van der Waals surface area contributed by atoms with E-state index in [4.69, 9.17) is 19.9 Å². The molecule has 198 valence electrons. The van der Waals surface area contributed by atoms with Gasteiger partial charge in [-0.15, -0.1) is 0 Å². The van der Waals surface area contributed by atoms with Crippen LogP contribution >= 0.6 is 0 Å². The summed E-state index contributed by atoms with van der Waals surface area (Å²) < 4.78 is 16.3. The summed E-state index contributed by atoms with van der Waals surface area (Å²) in [6.45, 7) is 1.98. The van der Waals surface area contributed by atoms with Crippen molar-refractivity contribution in [3.8, 4) is 23.3 Å². The number of anilines is 1. The molecule has 0 spiro atoms. The van der Waals surface area contributed by atoms with Crippen LogP contribution in [0.5, 0.6) is 17.2 Å². The number of ketones is 1. The first-order valence-electron chi connectivity index (χ1n) is 12.5. The van der Waals surface area contributed by atoms with Crippen molar-refractivity contribution in [2.75, 3.05) is 26.2 Å². The normalized spacial score (nSPS) is 22.8. The van der Waals surface area contributed by atoms with Gasteiger partial charge in [0, 0.05) is 17.2 Å². The molecular formula is C31H29N3O5. The summed E-state index contributed by atoms with van der Waals surface area (Å²) in [5, 5.41) is 10.7. The monoisotopic (exact) mass is 523 g/mol. The first-order valence-corrected chi connectivity index (χ1v) is 12.5. The molecule has 2 heterocycles. The Labute approximate surface area is 227 Å². The molecule has 0 saturated carbocycles. The first kappa shape index (κ1) is 25.9. The number of fused-ring (bicyclic) bond motifs is 3. The summed E-state index contributed by atoms with van der Waals surface area (Å²) in [7, 11) is 4.56. The molecular weight excluding hydrogens is 494 g/mol. The maximum atomic E-state index is 14.5. The average molecular weight is 524 g/mol. The lowest BCUT2D eigenvalue weighted by Crippen LogP contribution is -2.49. The topological polar surface area (TPSA) is 115 Å². The van der Waals surface area contributed by atoms with Crippen LogP contribution in [0.1, 0.15) is 33.0 Å². The number of carbonyl (C=O) groups excluding carboxylic acids is 2. The molecule has 2 aliphatic rings. The fourth-order valence-electron chi connectivity index (χ4n) is 5.97. The summed E-state index contributed by atoms with van der Waals surface area (Å²) in [6.07, 6.45) is 3.70. The van der Waals surface area contributed by atoms with Crippen molar-refractivity contribution in [1.29, 1.82) is 5.26 Å². The number of ether oxygens (including phenoxy) is 3. The maximum absolute atomic E-state index is 14.5. The second kappa shape index (κ2) is 9.84. The molecule has 2 aliphatic heterocycles. The Morgan fingerprint density at radius 2 is 1.74 bits per heavy atom. The van der Waals surface area contributed by atoms with Gasteiger partial charge in [-0.2, -0.15) is 5.26 Å². The van der Waals surface area contributed by atoms with Crippen LogP contribution in [-0.2, 0) is 4.79 Å². The molecule has 1 fully saturated rings. The van der Waals surface area contributed by atoms with Crippen molar-refractivity contribution in [2.24, 2.45) is 11.1 Å². The zero-order chi connectivity index (χ0) is 27.9. The van der Waals surface area contributed by atoms with Gasteiger partial charge in [0.2, 0.25) is 5.91 Å². The number of hydrogen-bond acceptors (Lipinski definition) is 7.